The summed E-state index contributed by atoms with van der Waals surface area (Å²) in [6.07, 6.45) is -4.31. The van der Waals surface area contributed by atoms with Crippen LogP contribution in [0.4, 0.5) is 10.3 Å². The Bertz CT molecular complexity index is 1400. The van der Waals surface area contributed by atoms with Crippen molar-refractivity contribution >= 4 is 70.0 Å². The average Bonchev–Trinajstić information content (AvgIpc) is 3.37. The summed E-state index contributed by atoms with van der Waals surface area (Å²) in [6, 6.07) is -0.954. The molecule has 236 valence electrons. The number of nitrogens with zero attached hydrogens (tertiary/aromatic N) is 3. The minimum Gasteiger partial charge on any atom is -0.462 e. The molecule has 1 saturated heterocycles. The number of ether oxygens (including phenoxy) is 2. The molecule has 0 amide bonds. The minimum atomic E-state index is -3.52. The summed E-state index contributed by atoms with van der Waals surface area (Å²) in [5.41, 5.74) is 4.13. The fourth-order valence-corrected chi connectivity index (χ4v) is 7.20. The molecule has 2 aromatic heterocycles. The zero-order valence-corrected chi connectivity index (χ0v) is 27.1. The van der Waals surface area contributed by atoms with Crippen LogP contribution in [0, 0.1) is 5.41 Å². The summed E-state index contributed by atoms with van der Waals surface area (Å²) < 4.78 is 39.3. The minimum absolute atomic E-state index is 0.0232. The van der Waals surface area contributed by atoms with Gasteiger partial charge >= 0.3 is 5.97 Å². The van der Waals surface area contributed by atoms with E-state index >= 15 is 4.39 Å². The van der Waals surface area contributed by atoms with Gasteiger partial charge in [0.25, 0.3) is 17.3 Å². The average molecular weight is 673 g/mol. The number of halogens is 2. The van der Waals surface area contributed by atoms with Crippen molar-refractivity contribution in [3.63, 3.8) is 0 Å². The van der Waals surface area contributed by atoms with Gasteiger partial charge in [-0.3, -0.25) is 23.9 Å². The Hall–Kier alpha value is -1.69. The number of nitrogen functional groups attached to an aromatic ring is 1. The number of aliphatic hydroxyl groups is 1. The number of imidazole rings is 1. The van der Waals surface area contributed by atoms with Gasteiger partial charge in [-0.2, -0.15) is 4.98 Å². The number of aromatic amines is 1. The monoisotopic (exact) mass is 672 g/mol. The third-order valence-corrected chi connectivity index (χ3v) is 10.1. The lowest BCUT2D eigenvalue weighted by Crippen LogP contribution is -2.39. The number of H-pyrrole nitrogens is 1. The fourth-order valence-electron chi connectivity index (χ4n) is 3.64. The number of rotatable bonds is 12. The van der Waals surface area contributed by atoms with E-state index in [0.717, 1.165) is 22.7 Å². The fraction of sp³-hybridized carbons (Fsp3) is 0.696. The summed E-state index contributed by atoms with van der Waals surface area (Å²) in [5, 5.41) is 10.6. The molecule has 3 heterocycles. The highest BCUT2D eigenvalue weighted by Gasteiger charge is 2.58. The number of aliphatic hydroxyl groups excluding tert-OH is 1. The zero-order chi connectivity index (χ0) is 31.6. The Morgan fingerprint density at radius 1 is 1.40 bits per heavy atom. The molecule has 2 aromatic rings. The number of hydrogen-bond donors (Lipinski definition) is 4. The third kappa shape index (κ3) is 8.27. The molecule has 1 fully saturated rings. The topological polar surface area (TPSA) is 193 Å². The predicted molar refractivity (Wildman–Crippen MR) is 159 cm³/mol. The molecular formula is C23H35ClFN6O8PS2. The zero-order valence-electron chi connectivity index (χ0n) is 23.8. The first-order valence-electron chi connectivity index (χ1n) is 12.8. The summed E-state index contributed by atoms with van der Waals surface area (Å²) in [6.45, 7) is 6.19. The quantitative estimate of drug-likeness (QED) is 0.111. The van der Waals surface area contributed by atoms with Crippen molar-refractivity contribution in [1.29, 1.82) is 0 Å². The van der Waals surface area contributed by atoms with Crippen molar-refractivity contribution < 1.29 is 37.6 Å². The van der Waals surface area contributed by atoms with Crippen LogP contribution in [0.3, 0.4) is 0 Å². The van der Waals surface area contributed by atoms with Crippen LogP contribution < -0.4 is 16.4 Å². The van der Waals surface area contributed by atoms with E-state index in [1.54, 1.807) is 34.6 Å². The van der Waals surface area contributed by atoms with Crippen LogP contribution >= 0.6 is 30.0 Å². The molecule has 0 radical (unpaired) electrons. The molecule has 0 aliphatic carbocycles. The Labute approximate surface area is 255 Å². The highest BCUT2D eigenvalue weighted by atomic mass is 35.5. The molecule has 0 saturated carbocycles. The maximum atomic E-state index is 15.7. The van der Waals surface area contributed by atoms with E-state index in [0.29, 0.717) is 0 Å². The van der Waals surface area contributed by atoms with E-state index in [2.05, 4.69) is 20.0 Å². The second kappa shape index (κ2) is 13.5. The summed E-state index contributed by atoms with van der Waals surface area (Å²) in [7, 11) is 0. The van der Waals surface area contributed by atoms with Crippen molar-refractivity contribution in [3.8, 4) is 0 Å². The number of nitrogens with two attached hydrogens (primary N) is 1. The Balaban J connectivity index is 1.77. The lowest BCUT2D eigenvalue weighted by molar-refractivity contribution is -0.149. The van der Waals surface area contributed by atoms with E-state index in [9.17, 15) is 19.5 Å². The first-order chi connectivity index (χ1) is 19.4. The number of carbonyl (C=O) groups is 2. The van der Waals surface area contributed by atoms with Gasteiger partial charge in [0.2, 0.25) is 5.95 Å². The lowest BCUT2D eigenvalue weighted by atomic mass is 10.00. The molecule has 6 atom stereocenters. The van der Waals surface area contributed by atoms with E-state index in [1.165, 1.54) is 6.92 Å². The van der Waals surface area contributed by atoms with E-state index in [1.807, 2.05) is 0 Å². The van der Waals surface area contributed by atoms with Gasteiger partial charge in [-0.1, -0.05) is 44.1 Å². The largest absolute Gasteiger partial charge is 0.462 e. The number of anilines is 1. The number of hydrogen-bond acceptors (Lipinski definition) is 13. The smallest absolute Gasteiger partial charge is 0.323 e. The van der Waals surface area contributed by atoms with Crippen LogP contribution in [-0.2, 0) is 39.9 Å². The molecule has 19 heteroatoms. The second-order valence-corrected chi connectivity index (χ2v) is 15.6. The Morgan fingerprint density at radius 2 is 2.07 bits per heavy atom. The van der Waals surface area contributed by atoms with Gasteiger partial charge in [0, 0.05) is 11.2 Å². The highest BCUT2D eigenvalue weighted by molar-refractivity contribution is 8.13. The van der Waals surface area contributed by atoms with Crippen molar-refractivity contribution in [2.24, 2.45) is 5.41 Å². The van der Waals surface area contributed by atoms with Crippen molar-refractivity contribution in [2.75, 3.05) is 24.7 Å². The number of aromatic nitrogens is 4. The number of alkyl halides is 2. The summed E-state index contributed by atoms with van der Waals surface area (Å²) in [4.78, 5) is 47.0. The Morgan fingerprint density at radius 3 is 2.69 bits per heavy atom. The molecule has 42 heavy (non-hydrogen) atoms. The van der Waals surface area contributed by atoms with Crippen molar-refractivity contribution in [3.05, 3.63) is 16.7 Å². The van der Waals surface area contributed by atoms with Crippen molar-refractivity contribution in [1.82, 2.24) is 24.6 Å². The predicted octanol–water partition coefficient (Wildman–Crippen LogP) is 2.36. The lowest BCUT2D eigenvalue weighted by Gasteiger charge is -2.28. The van der Waals surface area contributed by atoms with Gasteiger partial charge in [-0.25, -0.2) is 14.5 Å². The van der Waals surface area contributed by atoms with Gasteiger partial charge in [0.05, 0.1) is 25.6 Å². The highest BCUT2D eigenvalue weighted by Crippen LogP contribution is 2.49. The summed E-state index contributed by atoms with van der Waals surface area (Å²) >= 11 is 12.8. The van der Waals surface area contributed by atoms with Crippen LogP contribution in [0.15, 0.2) is 11.1 Å². The number of thioether (sulfide) groups is 1. The van der Waals surface area contributed by atoms with Gasteiger partial charge < -0.3 is 29.4 Å². The number of nitrogens with one attached hydrogen (secondary N) is 2. The van der Waals surface area contributed by atoms with E-state index in [4.69, 9.17) is 47.7 Å². The first kappa shape index (κ1) is 34.8. The Kier molecular flexibility index (Phi) is 11.2. The van der Waals surface area contributed by atoms with Gasteiger partial charge in [0.15, 0.2) is 22.5 Å². The van der Waals surface area contributed by atoms with Crippen molar-refractivity contribution in [2.45, 2.75) is 77.3 Å². The number of esters is 1. The van der Waals surface area contributed by atoms with Gasteiger partial charge in [-0.05, 0) is 32.6 Å². The molecule has 1 aliphatic heterocycles. The maximum absolute atomic E-state index is 15.7. The number of carbonyl (C=O) groups excluding carboxylic acids is 2. The SMILES string of the molecule is CC(C)OC(=O)[C@H](C)NP(=S)(OCCSC(=O)C(C)(C)C)OC[C@H]1O[C@@H](n2cnc3c(=O)[nH]c(N)nc32)[C@](F)(Cl)[C@@H]1O. The molecule has 1 unspecified atom stereocenters. The molecule has 3 rings (SSSR count). The molecular weight excluding hydrogens is 638 g/mol. The van der Waals surface area contributed by atoms with Crippen LogP contribution in [0.5, 0.6) is 0 Å². The van der Waals surface area contributed by atoms with E-state index < -0.39 is 59.8 Å². The molecule has 1 aliphatic rings. The maximum Gasteiger partial charge on any atom is 0.323 e. The second-order valence-electron chi connectivity index (χ2n) is 10.8. The summed E-state index contributed by atoms with van der Waals surface area (Å²) in [5.74, 6) is -0.617. The normalized spacial score (nSPS) is 25.0. The standard InChI is InChI=1S/C23H35ClFN6O8PS2/c1-11(2)38-18(34)12(3)30-40(41,36-7-8-42-20(35)22(4,5)6)37-9-13-15(32)23(24,25)19(39-13)31-10-27-14-16(31)28-21(26)29-17(14)33/h10-13,15,19,32H,7-9H2,1-6H3,(H,30,41)(H3,26,28,29,33)/t12-,13+,15+,19+,23-,40?/m0/s1. The first-order valence-corrected chi connectivity index (χ1v) is 16.8. The number of fused-ring (bicyclic) bond motifs is 1. The molecule has 0 bridgehead atoms. The molecule has 0 spiro atoms. The van der Waals surface area contributed by atoms with Crippen LogP contribution in [0.1, 0.15) is 47.8 Å². The molecule has 0 aromatic carbocycles. The van der Waals surface area contributed by atoms with Crippen LogP contribution in [0.2, 0.25) is 0 Å². The van der Waals surface area contributed by atoms with Gasteiger partial charge in [-0.15, -0.1) is 0 Å². The van der Waals surface area contributed by atoms with E-state index in [-0.39, 0.29) is 40.7 Å². The third-order valence-electron chi connectivity index (χ3n) is 5.74. The van der Waals surface area contributed by atoms with Gasteiger partial charge in [0.1, 0.15) is 18.2 Å². The van der Waals surface area contributed by atoms with Crippen LogP contribution in [0.25, 0.3) is 11.2 Å². The van der Waals surface area contributed by atoms with Crippen LogP contribution in [-0.4, -0.2) is 84.2 Å². The molecule has 5 N–H and O–H groups in total. The molecule has 14 nitrogen and oxygen atoms in total.